The van der Waals surface area contributed by atoms with E-state index >= 15 is 0 Å². The van der Waals surface area contributed by atoms with E-state index in [2.05, 4.69) is 5.32 Å². The second-order valence-corrected chi connectivity index (χ2v) is 4.97. The Hall–Kier alpha value is -2.17. The number of benzene rings is 1. The van der Waals surface area contributed by atoms with Crippen LogP contribution in [0.3, 0.4) is 0 Å². The van der Waals surface area contributed by atoms with Gasteiger partial charge in [0.2, 0.25) is 11.8 Å². The van der Waals surface area contributed by atoms with Crippen LogP contribution in [0.25, 0.3) is 0 Å². The molecule has 2 rings (SSSR count). The normalized spacial score (nSPS) is 14.4. The molecule has 5 heteroatoms. The van der Waals surface area contributed by atoms with Crippen molar-refractivity contribution in [3.8, 4) is 0 Å². The molecule has 2 amide bonds. The second-order valence-electron chi connectivity index (χ2n) is 4.97. The molecule has 0 spiro atoms. The molecule has 0 aliphatic carbocycles. The van der Waals surface area contributed by atoms with Gasteiger partial charge in [-0.05, 0) is 31.0 Å². The Kier molecular flexibility index (Phi) is 4.50. The van der Waals surface area contributed by atoms with Crippen molar-refractivity contribution >= 4 is 23.3 Å². The molecule has 106 valence electrons. The van der Waals surface area contributed by atoms with E-state index in [1.807, 2.05) is 24.3 Å². The Morgan fingerprint density at radius 3 is 2.50 bits per heavy atom. The maximum Gasteiger partial charge on any atom is 0.227 e. The number of nitrogens with zero attached hydrogens (tertiary/aromatic N) is 1. The molecule has 1 aromatic carbocycles. The summed E-state index contributed by atoms with van der Waals surface area (Å²) in [5, 5.41) is 2.69. The quantitative estimate of drug-likeness (QED) is 0.825. The zero-order chi connectivity index (χ0) is 14.5. The van der Waals surface area contributed by atoms with Gasteiger partial charge in [0.25, 0.3) is 0 Å². The van der Waals surface area contributed by atoms with Gasteiger partial charge in [-0.1, -0.05) is 12.1 Å². The highest BCUT2D eigenvalue weighted by Gasteiger charge is 2.21. The van der Waals surface area contributed by atoms with Gasteiger partial charge in [-0.25, -0.2) is 0 Å². The molecule has 0 radical (unpaired) electrons. The molecule has 0 unspecified atom stereocenters. The minimum Gasteiger partial charge on any atom is -0.352 e. The molecular formula is C15H18N2O3. The summed E-state index contributed by atoms with van der Waals surface area (Å²) in [6.45, 7) is 2.55. The Balaban J connectivity index is 1.90. The number of hydrogen-bond donors (Lipinski definition) is 1. The number of rotatable bonds is 5. The highest BCUT2D eigenvalue weighted by Crippen LogP contribution is 2.21. The topological polar surface area (TPSA) is 66.5 Å². The summed E-state index contributed by atoms with van der Waals surface area (Å²) in [5.41, 5.74) is 1.84. The zero-order valence-electron chi connectivity index (χ0n) is 11.5. The van der Waals surface area contributed by atoms with Crippen LogP contribution in [0.15, 0.2) is 24.3 Å². The van der Waals surface area contributed by atoms with Crippen LogP contribution in [0.5, 0.6) is 0 Å². The minimum absolute atomic E-state index is 0.0830. The number of carbonyl (C=O) groups is 3. The Labute approximate surface area is 118 Å². The van der Waals surface area contributed by atoms with Gasteiger partial charge in [0.05, 0.1) is 6.42 Å². The highest BCUT2D eigenvalue weighted by molar-refractivity contribution is 5.97. The van der Waals surface area contributed by atoms with Gasteiger partial charge in [-0.2, -0.15) is 0 Å². The average molecular weight is 274 g/mol. The van der Waals surface area contributed by atoms with Gasteiger partial charge in [-0.3, -0.25) is 14.4 Å². The fourth-order valence-corrected chi connectivity index (χ4v) is 2.20. The van der Waals surface area contributed by atoms with E-state index in [4.69, 9.17) is 0 Å². The highest BCUT2D eigenvalue weighted by atomic mass is 16.2. The molecule has 0 bridgehead atoms. The third-order valence-electron chi connectivity index (χ3n) is 3.22. The van der Waals surface area contributed by atoms with E-state index < -0.39 is 0 Å². The van der Waals surface area contributed by atoms with Crippen LogP contribution < -0.4 is 10.2 Å². The van der Waals surface area contributed by atoms with Crippen LogP contribution in [-0.2, 0) is 20.9 Å². The molecule has 1 aliphatic rings. The predicted molar refractivity (Wildman–Crippen MR) is 75.2 cm³/mol. The largest absolute Gasteiger partial charge is 0.352 e. The van der Waals surface area contributed by atoms with Crippen molar-refractivity contribution in [1.29, 1.82) is 0 Å². The third-order valence-corrected chi connectivity index (χ3v) is 3.22. The van der Waals surface area contributed by atoms with E-state index in [-0.39, 0.29) is 24.0 Å². The summed E-state index contributed by atoms with van der Waals surface area (Å²) in [6.07, 6.45) is 1.44. The number of hydrogen-bond acceptors (Lipinski definition) is 3. The van der Waals surface area contributed by atoms with Crippen molar-refractivity contribution < 1.29 is 14.4 Å². The molecule has 1 saturated heterocycles. The van der Waals surface area contributed by atoms with Crippen LogP contribution in [-0.4, -0.2) is 24.1 Å². The Morgan fingerprint density at radius 2 is 1.95 bits per heavy atom. The van der Waals surface area contributed by atoms with Crippen molar-refractivity contribution in [3.05, 3.63) is 29.8 Å². The lowest BCUT2D eigenvalue weighted by molar-refractivity contribution is -0.127. The lowest BCUT2D eigenvalue weighted by Crippen LogP contribution is -2.25. The summed E-state index contributed by atoms with van der Waals surface area (Å²) in [7, 11) is 0. The number of ketones is 1. The molecule has 1 heterocycles. The van der Waals surface area contributed by atoms with Crippen molar-refractivity contribution in [2.45, 2.75) is 32.7 Å². The summed E-state index contributed by atoms with van der Waals surface area (Å²) >= 11 is 0. The summed E-state index contributed by atoms with van der Waals surface area (Å²) < 4.78 is 0. The fraction of sp³-hybridized carbons (Fsp3) is 0.400. The van der Waals surface area contributed by atoms with Crippen LogP contribution >= 0.6 is 0 Å². The predicted octanol–water partition coefficient (Wildman–Crippen LogP) is 1.41. The Morgan fingerprint density at radius 1 is 1.25 bits per heavy atom. The van der Waals surface area contributed by atoms with Gasteiger partial charge < -0.3 is 10.2 Å². The summed E-state index contributed by atoms with van der Waals surface area (Å²) in [5.74, 6) is -0.255. The van der Waals surface area contributed by atoms with Crippen LogP contribution in [0.4, 0.5) is 5.69 Å². The number of nitrogens with one attached hydrogen (secondary N) is 1. The van der Waals surface area contributed by atoms with E-state index in [0.29, 0.717) is 13.0 Å². The van der Waals surface area contributed by atoms with E-state index in [1.165, 1.54) is 6.92 Å². The maximum absolute atomic E-state index is 11.6. The van der Waals surface area contributed by atoms with Crippen molar-refractivity contribution in [1.82, 2.24) is 5.32 Å². The van der Waals surface area contributed by atoms with E-state index in [1.54, 1.807) is 4.90 Å². The molecule has 1 aliphatic heterocycles. The van der Waals surface area contributed by atoms with E-state index in [9.17, 15) is 14.4 Å². The third kappa shape index (κ3) is 3.66. The minimum atomic E-state index is -0.267. The van der Waals surface area contributed by atoms with Gasteiger partial charge in [0.1, 0.15) is 5.78 Å². The first-order valence-corrected chi connectivity index (χ1v) is 6.71. The molecule has 5 nitrogen and oxygen atoms in total. The molecule has 20 heavy (non-hydrogen) atoms. The molecule has 1 N–H and O–H groups in total. The molecule has 0 saturated carbocycles. The van der Waals surface area contributed by atoms with Gasteiger partial charge >= 0.3 is 0 Å². The average Bonchev–Trinajstić information content (AvgIpc) is 2.82. The number of anilines is 1. The monoisotopic (exact) mass is 274 g/mol. The fourth-order valence-electron chi connectivity index (χ4n) is 2.20. The van der Waals surface area contributed by atoms with Gasteiger partial charge in [-0.15, -0.1) is 0 Å². The van der Waals surface area contributed by atoms with Crippen molar-refractivity contribution in [2.75, 3.05) is 11.4 Å². The Bertz CT molecular complexity index is 522. The lowest BCUT2D eigenvalue weighted by Gasteiger charge is -2.16. The van der Waals surface area contributed by atoms with E-state index in [0.717, 1.165) is 24.2 Å². The number of Topliss-reactive ketones (excluding diaryl/α,β-unsaturated/α-hetero) is 1. The first-order valence-electron chi connectivity index (χ1n) is 6.71. The maximum atomic E-state index is 11.6. The standard InChI is InChI=1S/C15H18N2O3/c1-11(18)9-14(19)16-10-12-4-6-13(7-5-12)17-8-2-3-15(17)20/h4-7H,2-3,8-10H2,1H3,(H,16,19). The van der Waals surface area contributed by atoms with Crippen LogP contribution in [0.2, 0.25) is 0 Å². The van der Waals surface area contributed by atoms with Crippen LogP contribution in [0, 0.1) is 0 Å². The molecule has 1 fully saturated rings. The molecule has 0 atom stereocenters. The summed E-state index contributed by atoms with van der Waals surface area (Å²) in [6, 6.07) is 7.54. The summed E-state index contributed by atoms with van der Waals surface area (Å²) in [4.78, 5) is 35.5. The molecule has 0 aromatic heterocycles. The van der Waals surface area contributed by atoms with Crippen LogP contribution in [0.1, 0.15) is 31.7 Å². The van der Waals surface area contributed by atoms with Crippen molar-refractivity contribution in [3.63, 3.8) is 0 Å². The molecule has 1 aromatic rings. The first-order chi connectivity index (χ1) is 9.56. The number of carbonyl (C=O) groups excluding carboxylic acids is 3. The second kappa shape index (κ2) is 6.32. The SMILES string of the molecule is CC(=O)CC(=O)NCc1ccc(N2CCCC2=O)cc1. The van der Waals surface area contributed by atoms with Gasteiger partial charge in [0.15, 0.2) is 0 Å². The lowest BCUT2D eigenvalue weighted by atomic mass is 10.2. The van der Waals surface area contributed by atoms with Crippen molar-refractivity contribution in [2.24, 2.45) is 0 Å². The van der Waals surface area contributed by atoms with Gasteiger partial charge in [0, 0.05) is 25.2 Å². The smallest absolute Gasteiger partial charge is 0.227 e. The number of amides is 2. The zero-order valence-corrected chi connectivity index (χ0v) is 11.5. The molecular weight excluding hydrogens is 256 g/mol. The first kappa shape index (κ1) is 14.2.